The van der Waals surface area contributed by atoms with Crippen LogP contribution in [0.25, 0.3) is 0 Å². The van der Waals surface area contributed by atoms with Crippen molar-refractivity contribution in [2.24, 2.45) is 5.73 Å². The van der Waals surface area contributed by atoms with Gasteiger partial charge < -0.3 is 38.9 Å². The molecule has 4 atom stereocenters. The van der Waals surface area contributed by atoms with Gasteiger partial charge in [0.25, 0.3) is 11.5 Å². The third-order valence-electron chi connectivity index (χ3n) is 5.78. The van der Waals surface area contributed by atoms with Gasteiger partial charge in [-0.15, -0.1) is 0 Å². The third kappa shape index (κ3) is 7.34. The maximum Gasteiger partial charge on any atom is 0.280 e. The molecule has 0 bridgehead atoms. The predicted octanol–water partition coefficient (Wildman–Crippen LogP) is 1.83. The number of ketones is 2. The maximum absolute atomic E-state index is 13.7. The Morgan fingerprint density at radius 1 is 1.00 bits per heavy atom. The van der Waals surface area contributed by atoms with Crippen LogP contribution in [0.1, 0.15) is 25.8 Å². The topological polar surface area (TPSA) is 142 Å². The second-order valence-corrected chi connectivity index (χ2v) is 8.47. The zero-order chi connectivity index (χ0) is 28.1. The minimum Gasteiger partial charge on any atom is -0.467 e. The molecular weight excluding hydrogens is 498 g/mol. The summed E-state index contributed by atoms with van der Waals surface area (Å²) in [5.74, 6) is -2.64. The number of allylic oxidation sites excluding steroid dienone is 1. The summed E-state index contributed by atoms with van der Waals surface area (Å²) in [6.07, 6.45) is 0.552. The molecule has 1 aliphatic heterocycles. The molecule has 0 spiro atoms. The summed E-state index contributed by atoms with van der Waals surface area (Å²) in [5, 5.41) is 0. The molecule has 1 aromatic carbocycles. The van der Waals surface area contributed by atoms with Crippen molar-refractivity contribution in [3.8, 4) is 0 Å². The normalized spacial score (nSPS) is 20.0. The van der Waals surface area contributed by atoms with E-state index in [1.165, 1.54) is 28.3 Å². The maximum atomic E-state index is 13.7. The SMILES string of the molecule is CC/C=C\[C@H](OCOC)[C@H](OCOC)C1=C(C)C(=O)[C@](C(N)=O)([C@H](OCOC)C(=O)Cc2ccccc2)O1. The average molecular weight is 536 g/mol. The Labute approximate surface area is 222 Å². The Bertz CT molecular complexity index is 993. The Morgan fingerprint density at radius 2 is 1.61 bits per heavy atom. The molecule has 0 radical (unpaired) electrons. The number of hydrogen-bond acceptors (Lipinski definition) is 10. The van der Waals surface area contributed by atoms with Crippen molar-refractivity contribution in [2.75, 3.05) is 41.7 Å². The lowest BCUT2D eigenvalue weighted by atomic mass is 9.84. The van der Waals surface area contributed by atoms with E-state index < -0.39 is 48.2 Å². The van der Waals surface area contributed by atoms with E-state index in [2.05, 4.69) is 0 Å². The fraction of sp³-hybridized carbons (Fsp3) is 0.519. The van der Waals surface area contributed by atoms with Crippen molar-refractivity contribution in [2.45, 2.75) is 50.6 Å². The number of carbonyl (C=O) groups is 3. The molecule has 38 heavy (non-hydrogen) atoms. The molecule has 1 heterocycles. The third-order valence-corrected chi connectivity index (χ3v) is 5.78. The van der Waals surface area contributed by atoms with E-state index in [0.29, 0.717) is 12.0 Å². The van der Waals surface area contributed by atoms with Crippen molar-refractivity contribution < 1.29 is 47.5 Å². The minimum atomic E-state index is -2.49. The standard InChI is InChI=1S/C27H37NO10/c1-6-7-13-21(35-15-32-3)23(36-16-33-4)22-18(2)24(30)27(38-22,26(28)31)25(37-17-34-5)20(29)14-19-11-9-8-10-12-19/h7-13,21,23,25H,6,14-17H2,1-5H3,(H2,28,31)/b13-7-/t21-,23-,25+,27+/m0/s1. The summed E-state index contributed by atoms with van der Waals surface area (Å²) < 4.78 is 38.4. The molecule has 0 saturated heterocycles. The van der Waals surface area contributed by atoms with Crippen LogP contribution >= 0.6 is 0 Å². The average Bonchev–Trinajstić information content (AvgIpc) is 3.17. The number of methoxy groups -OCH3 is 3. The first kappa shape index (κ1) is 31.3. The minimum absolute atomic E-state index is 0.0272. The molecule has 0 saturated carbocycles. The van der Waals surface area contributed by atoms with E-state index in [1.807, 2.05) is 13.0 Å². The lowest BCUT2D eigenvalue weighted by molar-refractivity contribution is -0.189. The van der Waals surface area contributed by atoms with Crippen molar-refractivity contribution >= 4 is 17.5 Å². The fourth-order valence-electron chi connectivity index (χ4n) is 4.01. The molecule has 11 heteroatoms. The zero-order valence-corrected chi connectivity index (χ0v) is 22.5. The smallest absolute Gasteiger partial charge is 0.280 e. The highest BCUT2D eigenvalue weighted by atomic mass is 16.7. The van der Waals surface area contributed by atoms with Crippen LogP contribution in [0.2, 0.25) is 0 Å². The van der Waals surface area contributed by atoms with Crippen LogP contribution in [0.15, 0.2) is 53.8 Å². The molecule has 2 rings (SSSR count). The van der Waals surface area contributed by atoms with Gasteiger partial charge in [0.2, 0.25) is 5.78 Å². The zero-order valence-electron chi connectivity index (χ0n) is 22.5. The molecule has 0 fully saturated rings. The van der Waals surface area contributed by atoms with Crippen molar-refractivity contribution in [3.05, 3.63) is 59.4 Å². The lowest BCUT2D eigenvalue weighted by Crippen LogP contribution is -2.62. The van der Waals surface area contributed by atoms with Gasteiger partial charge in [0.05, 0.1) is 0 Å². The summed E-state index contributed by atoms with van der Waals surface area (Å²) in [7, 11) is 4.23. The van der Waals surface area contributed by atoms with Crippen LogP contribution in [0.3, 0.4) is 0 Å². The molecule has 1 aromatic rings. The van der Waals surface area contributed by atoms with Crippen molar-refractivity contribution in [1.29, 1.82) is 0 Å². The van der Waals surface area contributed by atoms with Crippen molar-refractivity contribution in [1.82, 2.24) is 0 Å². The number of rotatable bonds is 18. The van der Waals surface area contributed by atoms with Crippen LogP contribution in [0, 0.1) is 0 Å². The first-order chi connectivity index (χ1) is 18.3. The van der Waals surface area contributed by atoms with Crippen LogP contribution in [0.4, 0.5) is 0 Å². The van der Waals surface area contributed by atoms with Crippen LogP contribution in [0.5, 0.6) is 0 Å². The van der Waals surface area contributed by atoms with Crippen LogP contribution < -0.4 is 5.73 Å². The Morgan fingerprint density at radius 3 is 2.18 bits per heavy atom. The molecule has 0 unspecified atom stereocenters. The highest BCUT2D eigenvalue weighted by Crippen LogP contribution is 2.39. The molecule has 1 aliphatic rings. The first-order valence-corrected chi connectivity index (χ1v) is 12.1. The number of amides is 1. The fourth-order valence-corrected chi connectivity index (χ4v) is 4.01. The molecule has 0 aromatic heterocycles. The Hall–Kier alpha value is -2.93. The number of benzene rings is 1. The van der Waals surface area contributed by atoms with Gasteiger partial charge in [-0.1, -0.05) is 49.4 Å². The molecule has 210 valence electrons. The highest BCUT2D eigenvalue weighted by Gasteiger charge is 2.62. The van der Waals surface area contributed by atoms with Crippen molar-refractivity contribution in [3.63, 3.8) is 0 Å². The Kier molecular flexibility index (Phi) is 12.7. The van der Waals surface area contributed by atoms with E-state index in [-0.39, 0.29) is 31.3 Å². The van der Waals surface area contributed by atoms with E-state index in [0.717, 1.165) is 0 Å². The lowest BCUT2D eigenvalue weighted by Gasteiger charge is -2.34. The Balaban J connectivity index is 2.55. The van der Waals surface area contributed by atoms with E-state index >= 15 is 0 Å². The first-order valence-electron chi connectivity index (χ1n) is 12.1. The molecular formula is C27H37NO10. The highest BCUT2D eigenvalue weighted by molar-refractivity contribution is 6.21. The quantitative estimate of drug-likeness (QED) is 0.168. The summed E-state index contributed by atoms with van der Waals surface area (Å²) in [6.45, 7) is 2.71. The van der Waals surface area contributed by atoms with Crippen LogP contribution in [-0.2, 0) is 54.0 Å². The number of nitrogens with two attached hydrogens (primary N) is 1. The second-order valence-electron chi connectivity index (χ2n) is 8.47. The monoisotopic (exact) mass is 535 g/mol. The van der Waals surface area contributed by atoms with Gasteiger partial charge in [-0.2, -0.15) is 0 Å². The number of ether oxygens (including phenoxy) is 7. The second kappa shape index (κ2) is 15.5. The predicted molar refractivity (Wildman–Crippen MR) is 136 cm³/mol. The van der Waals surface area contributed by atoms with Crippen LogP contribution in [-0.4, -0.2) is 83.1 Å². The van der Waals surface area contributed by atoms with E-state index in [1.54, 1.807) is 36.4 Å². The van der Waals surface area contributed by atoms with Gasteiger partial charge in [0.15, 0.2) is 11.9 Å². The molecule has 1 amide bonds. The largest absolute Gasteiger partial charge is 0.467 e. The van der Waals surface area contributed by atoms with Gasteiger partial charge >= 0.3 is 0 Å². The molecule has 0 aliphatic carbocycles. The number of Topliss-reactive ketones (excluding diaryl/α,β-unsaturated/α-hetero) is 2. The summed E-state index contributed by atoms with van der Waals surface area (Å²) >= 11 is 0. The van der Waals surface area contributed by atoms with E-state index in [4.69, 9.17) is 38.9 Å². The van der Waals surface area contributed by atoms with E-state index in [9.17, 15) is 14.4 Å². The molecule has 2 N–H and O–H groups in total. The van der Waals surface area contributed by atoms with Gasteiger partial charge in [-0.3, -0.25) is 14.4 Å². The summed E-state index contributed by atoms with van der Waals surface area (Å²) in [4.78, 5) is 40.2. The van der Waals surface area contributed by atoms with Gasteiger partial charge in [0.1, 0.15) is 38.3 Å². The molecule has 11 nitrogen and oxygen atoms in total. The number of carbonyl (C=O) groups excluding carboxylic acids is 3. The van der Waals surface area contributed by atoms with Gasteiger partial charge in [-0.05, 0) is 18.9 Å². The van der Waals surface area contributed by atoms with Gasteiger partial charge in [-0.25, -0.2) is 0 Å². The van der Waals surface area contributed by atoms with Gasteiger partial charge in [0, 0.05) is 33.3 Å². The number of primary amides is 1. The number of hydrogen-bond donors (Lipinski definition) is 1. The summed E-state index contributed by atoms with van der Waals surface area (Å²) in [5.41, 5.74) is 3.96. The summed E-state index contributed by atoms with van der Waals surface area (Å²) in [6, 6.07) is 8.80.